The molecule has 0 radical (unpaired) electrons. The number of carboxylic acids is 1. The van der Waals surface area contributed by atoms with Gasteiger partial charge in [0, 0.05) is 0 Å². The molecule has 1 aromatic carbocycles. The van der Waals surface area contributed by atoms with E-state index in [-0.39, 0.29) is 17.1 Å². The molecule has 0 aromatic heterocycles. The smallest absolute Gasteiger partial charge is 0.311 e. The van der Waals surface area contributed by atoms with Crippen LogP contribution < -0.4 is 0 Å². The van der Waals surface area contributed by atoms with E-state index in [9.17, 15) is 13.2 Å². The molecule has 0 saturated carbocycles. The molecular formula is C11H12O4S. The first-order valence-electron chi connectivity index (χ1n) is 4.98. The maximum absolute atomic E-state index is 11.9. The Labute approximate surface area is 93.8 Å². The van der Waals surface area contributed by atoms with Crippen molar-refractivity contribution in [3.63, 3.8) is 0 Å². The summed E-state index contributed by atoms with van der Waals surface area (Å²) in [7, 11) is -3.30. The fraction of sp³-hybridized carbons (Fsp3) is 0.364. The second-order valence-electron chi connectivity index (χ2n) is 3.99. The molecule has 0 fully saturated rings. The largest absolute Gasteiger partial charge is 0.481 e. The number of fused-ring (bicyclic) bond motifs is 1. The first kappa shape index (κ1) is 11.1. The van der Waals surface area contributed by atoms with Gasteiger partial charge in [0.05, 0.1) is 16.6 Å². The van der Waals surface area contributed by atoms with E-state index < -0.39 is 21.7 Å². The average Bonchev–Trinajstić information content (AvgIpc) is 2.16. The van der Waals surface area contributed by atoms with Crippen molar-refractivity contribution < 1.29 is 18.3 Å². The molecule has 0 bridgehead atoms. The summed E-state index contributed by atoms with van der Waals surface area (Å²) in [4.78, 5) is 11.3. The van der Waals surface area contributed by atoms with E-state index in [2.05, 4.69) is 0 Å². The summed E-state index contributed by atoms with van der Waals surface area (Å²) in [6.45, 7) is 1.70. The van der Waals surface area contributed by atoms with E-state index in [4.69, 9.17) is 5.11 Å². The van der Waals surface area contributed by atoms with E-state index in [1.807, 2.05) is 0 Å². The van der Waals surface area contributed by atoms with Crippen molar-refractivity contribution in [2.24, 2.45) is 0 Å². The van der Waals surface area contributed by atoms with Crippen LogP contribution in [0, 0.1) is 6.92 Å². The third-order valence-electron chi connectivity index (χ3n) is 2.90. The highest BCUT2D eigenvalue weighted by atomic mass is 32.2. The van der Waals surface area contributed by atoms with Crippen LogP contribution in [0.3, 0.4) is 0 Å². The van der Waals surface area contributed by atoms with Crippen LogP contribution in [0.15, 0.2) is 23.1 Å². The third-order valence-corrected chi connectivity index (χ3v) is 4.85. The number of benzene rings is 1. The molecule has 1 heterocycles. The molecule has 1 atom stereocenters. The molecule has 1 aliphatic rings. The number of carboxylic acid groups (broad SMARTS) is 1. The Morgan fingerprint density at radius 1 is 1.44 bits per heavy atom. The van der Waals surface area contributed by atoms with Crippen LogP contribution in [0.25, 0.3) is 0 Å². The zero-order valence-electron chi connectivity index (χ0n) is 8.80. The minimum absolute atomic E-state index is 0.0815. The second kappa shape index (κ2) is 3.59. The Hall–Kier alpha value is -1.36. The molecule has 5 heteroatoms. The molecule has 0 spiro atoms. The van der Waals surface area contributed by atoms with Gasteiger partial charge in [0.1, 0.15) is 0 Å². The lowest BCUT2D eigenvalue weighted by molar-refractivity contribution is -0.138. The highest BCUT2D eigenvalue weighted by Gasteiger charge is 2.34. The summed E-state index contributed by atoms with van der Waals surface area (Å²) in [6, 6.07) is 4.99. The van der Waals surface area contributed by atoms with Gasteiger partial charge >= 0.3 is 5.97 Å². The third kappa shape index (κ3) is 1.61. The molecule has 1 unspecified atom stereocenters. The Morgan fingerprint density at radius 2 is 2.12 bits per heavy atom. The first-order chi connectivity index (χ1) is 7.43. The van der Waals surface area contributed by atoms with Crippen molar-refractivity contribution in [3.05, 3.63) is 29.3 Å². The molecule has 0 aliphatic carbocycles. The van der Waals surface area contributed by atoms with E-state index in [1.165, 1.54) is 0 Å². The number of carbonyl (C=O) groups is 1. The van der Waals surface area contributed by atoms with Crippen LogP contribution in [0.5, 0.6) is 0 Å². The van der Waals surface area contributed by atoms with Crippen molar-refractivity contribution >= 4 is 15.8 Å². The lowest BCUT2D eigenvalue weighted by Crippen LogP contribution is -2.25. The minimum atomic E-state index is -3.30. The standard InChI is InChI=1S/C11H12O4S/c1-7-3-2-4-8-9(11(12)13)5-6-16(14,15)10(7)8/h2-4,9H,5-6H2,1H3,(H,12,13). The highest BCUT2D eigenvalue weighted by molar-refractivity contribution is 7.91. The predicted molar refractivity (Wildman–Crippen MR) is 58.2 cm³/mol. The van der Waals surface area contributed by atoms with Gasteiger partial charge in [-0.3, -0.25) is 4.79 Å². The summed E-state index contributed by atoms with van der Waals surface area (Å²) >= 11 is 0. The molecule has 4 nitrogen and oxygen atoms in total. The topological polar surface area (TPSA) is 71.4 Å². The van der Waals surface area contributed by atoms with Gasteiger partial charge in [-0.1, -0.05) is 18.2 Å². The maximum Gasteiger partial charge on any atom is 0.311 e. The van der Waals surface area contributed by atoms with Crippen LogP contribution >= 0.6 is 0 Å². The van der Waals surface area contributed by atoms with Gasteiger partial charge in [0.2, 0.25) is 0 Å². The Balaban J connectivity index is 2.72. The van der Waals surface area contributed by atoms with Crippen molar-refractivity contribution in [1.29, 1.82) is 0 Å². The van der Waals surface area contributed by atoms with Gasteiger partial charge in [-0.25, -0.2) is 8.42 Å². The van der Waals surface area contributed by atoms with Crippen LogP contribution in [0.4, 0.5) is 0 Å². The summed E-state index contributed by atoms with van der Waals surface area (Å²) in [5, 5.41) is 9.05. The second-order valence-corrected chi connectivity index (χ2v) is 6.04. The van der Waals surface area contributed by atoms with Crippen LogP contribution in [-0.2, 0) is 14.6 Å². The molecule has 1 aliphatic heterocycles. The lowest BCUT2D eigenvalue weighted by Gasteiger charge is -2.23. The van der Waals surface area contributed by atoms with Crippen molar-refractivity contribution in [2.45, 2.75) is 24.2 Å². The number of aliphatic carboxylic acids is 1. The quantitative estimate of drug-likeness (QED) is 0.804. The lowest BCUT2D eigenvalue weighted by atomic mass is 9.94. The summed E-state index contributed by atoms with van der Waals surface area (Å²) < 4.78 is 23.7. The van der Waals surface area contributed by atoms with E-state index in [1.54, 1.807) is 25.1 Å². The van der Waals surface area contributed by atoms with Crippen molar-refractivity contribution in [1.82, 2.24) is 0 Å². The summed E-state index contributed by atoms with van der Waals surface area (Å²) in [6.07, 6.45) is 0.161. The molecule has 86 valence electrons. The molecular weight excluding hydrogens is 228 g/mol. The van der Waals surface area contributed by atoms with Crippen LogP contribution in [0.1, 0.15) is 23.5 Å². The number of hydrogen-bond donors (Lipinski definition) is 1. The molecule has 1 N–H and O–H groups in total. The SMILES string of the molecule is Cc1cccc2c1S(=O)(=O)CCC2C(=O)O. The number of sulfone groups is 1. The van der Waals surface area contributed by atoms with E-state index in [0.29, 0.717) is 11.1 Å². The van der Waals surface area contributed by atoms with E-state index in [0.717, 1.165) is 0 Å². The molecule has 0 amide bonds. The van der Waals surface area contributed by atoms with E-state index >= 15 is 0 Å². The Kier molecular flexibility index (Phi) is 2.50. The van der Waals surface area contributed by atoms with Crippen molar-refractivity contribution in [2.75, 3.05) is 5.75 Å². The minimum Gasteiger partial charge on any atom is -0.481 e. The monoisotopic (exact) mass is 240 g/mol. The van der Waals surface area contributed by atoms with Gasteiger partial charge < -0.3 is 5.11 Å². The summed E-state index contributed by atoms with van der Waals surface area (Å²) in [5.74, 6) is -1.73. The Morgan fingerprint density at radius 3 is 2.75 bits per heavy atom. The van der Waals surface area contributed by atoms with Gasteiger partial charge in [-0.2, -0.15) is 0 Å². The number of aryl methyl sites for hydroxylation is 1. The van der Waals surface area contributed by atoms with Gasteiger partial charge in [-0.15, -0.1) is 0 Å². The Bertz CT molecular complexity index is 545. The fourth-order valence-corrected chi connectivity index (χ4v) is 4.04. The molecule has 16 heavy (non-hydrogen) atoms. The molecule has 2 rings (SSSR count). The fourth-order valence-electron chi connectivity index (χ4n) is 2.16. The normalized spacial score (nSPS) is 22.4. The first-order valence-corrected chi connectivity index (χ1v) is 6.64. The van der Waals surface area contributed by atoms with Crippen LogP contribution in [0.2, 0.25) is 0 Å². The predicted octanol–water partition coefficient (Wildman–Crippen LogP) is 1.34. The summed E-state index contributed by atoms with van der Waals surface area (Å²) in [5.41, 5.74) is 1.06. The maximum atomic E-state index is 11.9. The van der Waals surface area contributed by atoms with Gasteiger partial charge in [0.25, 0.3) is 0 Å². The van der Waals surface area contributed by atoms with Gasteiger partial charge in [0.15, 0.2) is 9.84 Å². The van der Waals surface area contributed by atoms with Crippen LogP contribution in [-0.4, -0.2) is 25.2 Å². The van der Waals surface area contributed by atoms with Gasteiger partial charge in [-0.05, 0) is 24.5 Å². The number of hydrogen-bond acceptors (Lipinski definition) is 3. The van der Waals surface area contributed by atoms with Crippen molar-refractivity contribution in [3.8, 4) is 0 Å². The zero-order chi connectivity index (χ0) is 11.9. The average molecular weight is 240 g/mol. The molecule has 1 aromatic rings. The molecule has 0 saturated heterocycles. The highest BCUT2D eigenvalue weighted by Crippen LogP contribution is 2.35. The zero-order valence-corrected chi connectivity index (χ0v) is 9.62. The number of rotatable bonds is 1.